The number of likely N-dealkylation sites (tertiary alicyclic amines) is 1. The first-order chi connectivity index (χ1) is 10.7. The first-order valence-electron chi connectivity index (χ1n) is 7.53. The minimum atomic E-state index is -3.29. The molecule has 1 aromatic rings. The zero-order chi connectivity index (χ0) is 17.0. The zero-order valence-electron chi connectivity index (χ0n) is 13.3. The molecule has 8 heteroatoms. The zero-order valence-corrected chi connectivity index (χ0v) is 14.1. The number of rotatable bonds is 4. The molecular weight excluding hydrogens is 321 g/mol. The SMILES string of the molecule is C[C@H](NC(=O)N1CCC[C@H](NS(C)(=O)=O)C1)c1cccc(F)c1. The lowest BCUT2D eigenvalue weighted by molar-refractivity contribution is 0.174. The molecule has 0 aromatic heterocycles. The lowest BCUT2D eigenvalue weighted by Crippen LogP contribution is -2.52. The number of nitrogens with one attached hydrogen (secondary N) is 2. The van der Waals surface area contributed by atoms with Gasteiger partial charge in [0.1, 0.15) is 5.82 Å². The molecule has 1 heterocycles. The molecule has 0 radical (unpaired) electrons. The van der Waals surface area contributed by atoms with E-state index in [1.165, 1.54) is 12.1 Å². The third-order valence-corrected chi connectivity index (χ3v) is 4.54. The summed E-state index contributed by atoms with van der Waals surface area (Å²) >= 11 is 0. The highest BCUT2D eigenvalue weighted by Gasteiger charge is 2.26. The van der Waals surface area contributed by atoms with Crippen molar-refractivity contribution >= 4 is 16.1 Å². The fraction of sp³-hybridized carbons (Fsp3) is 0.533. The Kier molecular flexibility index (Phi) is 5.59. The van der Waals surface area contributed by atoms with Crippen LogP contribution in [-0.2, 0) is 10.0 Å². The largest absolute Gasteiger partial charge is 0.331 e. The van der Waals surface area contributed by atoms with E-state index in [1.54, 1.807) is 24.0 Å². The lowest BCUT2D eigenvalue weighted by atomic mass is 10.1. The number of carbonyl (C=O) groups excluding carboxylic acids is 1. The first-order valence-corrected chi connectivity index (χ1v) is 9.42. The average Bonchev–Trinajstić information content (AvgIpc) is 2.45. The van der Waals surface area contributed by atoms with Crippen LogP contribution in [0.2, 0.25) is 0 Å². The second kappa shape index (κ2) is 7.27. The van der Waals surface area contributed by atoms with Crippen LogP contribution >= 0.6 is 0 Å². The van der Waals surface area contributed by atoms with Crippen LogP contribution in [0.1, 0.15) is 31.4 Å². The molecule has 128 valence electrons. The highest BCUT2D eigenvalue weighted by atomic mass is 32.2. The molecule has 1 aromatic carbocycles. The molecule has 2 N–H and O–H groups in total. The molecule has 1 aliphatic rings. The van der Waals surface area contributed by atoms with Gasteiger partial charge in [-0.25, -0.2) is 22.3 Å². The normalized spacial score (nSPS) is 20.1. The summed E-state index contributed by atoms with van der Waals surface area (Å²) in [7, 11) is -3.29. The van der Waals surface area contributed by atoms with E-state index in [1.807, 2.05) is 0 Å². The average molecular weight is 343 g/mol. The number of sulfonamides is 1. The molecule has 1 saturated heterocycles. The summed E-state index contributed by atoms with van der Waals surface area (Å²) in [5, 5.41) is 2.82. The van der Waals surface area contributed by atoms with Crippen LogP contribution in [0.5, 0.6) is 0 Å². The van der Waals surface area contributed by atoms with Gasteiger partial charge < -0.3 is 10.2 Å². The maximum Gasteiger partial charge on any atom is 0.317 e. The molecule has 0 unspecified atom stereocenters. The van der Waals surface area contributed by atoms with Gasteiger partial charge in [0.25, 0.3) is 0 Å². The number of amides is 2. The molecule has 23 heavy (non-hydrogen) atoms. The minimum absolute atomic E-state index is 0.269. The van der Waals surface area contributed by atoms with Crippen LogP contribution in [-0.4, -0.2) is 44.7 Å². The van der Waals surface area contributed by atoms with Gasteiger partial charge in [0.15, 0.2) is 0 Å². The highest BCUT2D eigenvalue weighted by Crippen LogP contribution is 2.16. The van der Waals surface area contributed by atoms with E-state index < -0.39 is 10.0 Å². The minimum Gasteiger partial charge on any atom is -0.331 e. The van der Waals surface area contributed by atoms with Gasteiger partial charge in [0, 0.05) is 19.1 Å². The highest BCUT2D eigenvalue weighted by molar-refractivity contribution is 7.88. The van der Waals surface area contributed by atoms with Crippen molar-refractivity contribution in [3.63, 3.8) is 0 Å². The molecule has 6 nitrogen and oxygen atoms in total. The third-order valence-electron chi connectivity index (χ3n) is 3.78. The Hall–Kier alpha value is -1.67. The van der Waals surface area contributed by atoms with Gasteiger partial charge in [-0.15, -0.1) is 0 Å². The molecule has 0 aliphatic carbocycles. The van der Waals surface area contributed by atoms with Crippen LogP contribution in [0, 0.1) is 5.82 Å². The van der Waals surface area contributed by atoms with Crippen molar-refractivity contribution in [1.82, 2.24) is 14.9 Å². The van der Waals surface area contributed by atoms with Gasteiger partial charge >= 0.3 is 6.03 Å². The predicted molar refractivity (Wildman–Crippen MR) is 85.9 cm³/mol. The van der Waals surface area contributed by atoms with E-state index in [9.17, 15) is 17.6 Å². The van der Waals surface area contributed by atoms with Crippen molar-refractivity contribution in [3.05, 3.63) is 35.6 Å². The van der Waals surface area contributed by atoms with Crippen molar-refractivity contribution in [2.24, 2.45) is 0 Å². The number of halogens is 1. The van der Waals surface area contributed by atoms with Gasteiger partial charge in [0.2, 0.25) is 10.0 Å². The quantitative estimate of drug-likeness (QED) is 0.872. The summed E-state index contributed by atoms with van der Waals surface area (Å²) in [5.74, 6) is -0.348. The van der Waals surface area contributed by atoms with E-state index in [2.05, 4.69) is 10.0 Å². The van der Waals surface area contributed by atoms with Gasteiger partial charge in [0.05, 0.1) is 12.3 Å². The number of nitrogens with zero attached hydrogens (tertiary/aromatic N) is 1. The van der Waals surface area contributed by atoms with Gasteiger partial charge in [-0.05, 0) is 37.5 Å². The third kappa shape index (κ3) is 5.47. The second-order valence-electron chi connectivity index (χ2n) is 5.90. The molecule has 0 bridgehead atoms. The van der Waals surface area contributed by atoms with Crippen molar-refractivity contribution < 1.29 is 17.6 Å². The second-order valence-corrected chi connectivity index (χ2v) is 7.68. The van der Waals surface area contributed by atoms with Gasteiger partial charge in [-0.2, -0.15) is 0 Å². The topological polar surface area (TPSA) is 78.5 Å². The predicted octanol–water partition coefficient (Wildman–Crippen LogP) is 1.61. The number of hydrogen-bond donors (Lipinski definition) is 2. The molecule has 0 saturated carbocycles. The molecule has 1 aliphatic heterocycles. The Morgan fingerprint density at radius 3 is 2.83 bits per heavy atom. The maximum absolute atomic E-state index is 13.2. The Labute approximate surface area is 136 Å². The summed E-state index contributed by atoms with van der Waals surface area (Å²) in [6.07, 6.45) is 2.54. The Morgan fingerprint density at radius 2 is 2.17 bits per heavy atom. The van der Waals surface area contributed by atoms with Crippen LogP contribution < -0.4 is 10.0 Å². The Morgan fingerprint density at radius 1 is 1.43 bits per heavy atom. The number of urea groups is 1. The molecule has 2 amide bonds. The molecule has 2 atom stereocenters. The van der Waals surface area contributed by atoms with E-state index in [0.29, 0.717) is 25.1 Å². The maximum atomic E-state index is 13.2. The first kappa shape index (κ1) is 17.7. The van der Waals surface area contributed by atoms with Crippen LogP contribution in [0.3, 0.4) is 0 Å². The monoisotopic (exact) mass is 343 g/mol. The molecular formula is C15H22FN3O3S. The van der Waals surface area contributed by atoms with Crippen molar-refractivity contribution in [1.29, 1.82) is 0 Å². The fourth-order valence-electron chi connectivity index (χ4n) is 2.70. The summed E-state index contributed by atoms with van der Waals surface area (Å²) in [6.45, 7) is 2.68. The number of carbonyl (C=O) groups is 1. The summed E-state index contributed by atoms with van der Waals surface area (Å²) in [6, 6.07) is 5.20. The van der Waals surface area contributed by atoms with Crippen LogP contribution in [0.15, 0.2) is 24.3 Å². The molecule has 2 rings (SSSR count). The standard InChI is InChI=1S/C15H22FN3O3S/c1-11(12-5-3-6-13(16)9-12)17-15(20)19-8-4-7-14(10-19)18-23(2,21)22/h3,5-6,9,11,14,18H,4,7-8,10H2,1-2H3,(H,17,20)/t11-,14-/m0/s1. The summed E-state index contributed by atoms with van der Waals surface area (Å²) in [4.78, 5) is 13.9. The van der Waals surface area contributed by atoms with Crippen molar-refractivity contribution in [3.8, 4) is 0 Å². The van der Waals surface area contributed by atoms with Crippen LogP contribution in [0.25, 0.3) is 0 Å². The Bertz CT molecular complexity index is 666. The van der Waals surface area contributed by atoms with Gasteiger partial charge in [-0.3, -0.25) is 0 Å². The summed E-state index contributed by atoms with van der Waals surface area (Å²) < 4.78 is 38.4. The summed E-state index contributed by atoms with van der Waals surface area (Å²) in [5.41, 5.74) is 0.682. The lowest BCUT2D eigenvalue weighted by Gasteiger charge is -2.33. The van der Waals surface area contributed by atoms with E-state index in [4.69, 9.17) is 0 Å². The fourth-order valence-corrected chi connectivity index (χ4v) is 3.49. The van der Waals surface area contributed by atoms with E-state index in [0.717, 1.165) is 12.7 Å². The Balaban J connectivity index is 1.94. The van der Waals surface area contributed by atoms with Crippen molar-refractivity contribution in [2.75, 3.05) is 19.3 Å². The number of benzene rings is 1. The molecule has 1 fully saturated rings. The van der Waals surface area contributed by atoms with Crippen molar-refractivity contribution in [2.45, 2.75) is 31.8 Å². The van der Waals surface area contributed by atoms with E-state index in [-0.39, 0.29) is 23.9 Å². The molecule has 0 spiro atoms. The number of piperidine rings is 1. The van der Waals surface area contributed by atoms with Gasteiger partial charge in [-0.1, -0.05) is 12.1 Å². The van der Waals surface area contributed by atoms with Crippen LogP contribution in [0.4, 0.5) is 9.18 Å². The van der Waals surface area contributed by atoms with E-state index >= 15 is 0 Å². The smallest absolute Gasteiger partial charge is 0.317 e. The number of hydrogen-bond acceptors (Lipinski definition) is 3.